The fourth-order valence-electron chi connectivity index (χ4n) is 5.84. The maximum atomic E-state index is 12.2. The van der Waals surface area contributed by atoms with Crippen LogP contribution in [0.15, 0.2) is 84.9 Å². The van der Waals surface area contributed by atoms with Crippen molar-refractivity contribution in [3.05, 3.63) is 102 Å². The summed E-state index contributed by atoms with van der Waals surface area (Å²) in [5.41, 5.74) is 10.5. The lowest BCUT2D eigenvalue weighted by Gasteiger charge is -2.42. The number of hydrogen-bond acceptors (Lipinski definition) is 4. The van der Waals surface area contributed by atoms with E-state index in [4.69, 9.17) is 14.2 Å². The molecule has 212 valence electrons. The van der Waals surface area contributed by atoms with Crippen LogP contribution < -0.4 is 4.74 Å². The van der Waals surface area contributed by atoms with E-state index in [9.17, 15) is 4.79 Å². The lowest BCUT2D eigenvalue weighted by molar-refractivity contribution is 0.0510. The van der Waals surface area contributed by atoms with Gasteiger partial charge >= 0.3 is 5.97 Å². The molecule has 4 aromatic carbocycles. The maximum absolute atomic E-state index is 12.2. The van der Waals surface area contributed by atoms with Crippen molar-refractivity contribution in [2.45, 2.75) is 58.3 Å². The molecule has 4 aromatic rings. The number of ether oxygens (including phenoxy) is 3. The summed E-state index contributed by atoms with van der Waals surface area (Å²) >= 11 is 0. The Kier molecular flexibility index (Phi) is 8.06. The normalized spacial score (nSPS) is 15.2. The van der Waals surface area contributed by atoms with Crippen molar-refractivity contribution in [1.29, 1.82) is 0 Å². The molecule has 0 radical (unpaired) electrons. The van der Waals surface area contributed by atoms with Crippen LogP contribution in [0.5, 0.6) is 5.75 Å². The molecule has 0 saturated heterocycles. The number of carbonyl (C=O) groups is 1. The van der Waals surface area contributed by atoms with Gasteiger partial charge in [-0.05, 0) is 105 Å². The molecule has 4 heteroatoms. The van der Waals surface area contributed by atoms with Crippen molar-refractivity contribution in [1.82, 2.24) is 0 Å². The number of methoxy groups -OCH3 is 1. The highest BCUT2D eigenvalue weighted by Gasteiger charge is 2.37. The van der Waals surface area contributed by atoms with E-state index >= 15 is 0 Å². The van der Waals surface area contributed by atoms with Gasteiger partial charge in [0.1, 0.15) is 5.75 Å². The lowest BCUT2D eigenvalue weighted by Crippen LogP contribution is -2.33. The molecule has 0 aliphatic heterocycles. The maximum Gasteiger partial charge on any atom is 0.338 e. The largest absolute Gasteiger partial charge is 0.468 e. The van der Waals surface area contributed by atoms with E-state index in [-0.39, 0.29) is 23.6 Å². The standard InChI is InChI=1S/C37H40O4/c1-7-40-35(38)27-10-8-25(9-11-27)28-14-18-31(26-12-16-30(17-13-26)41-24-39-6)32(22-28)29-15-19-33-34(23-29)37(4,5)21-20-36(33,2)3/h8-19,22-23H,7,20-21,24H2,1-6H3. The van der Waals surface area contributed by atoms with Crippen LogP contribution in [0.2, 0.25) is 0 Å². The molecule has 0 amide bonds. The Morgan fingerprint density at radius 3 is 1.95 bits per heavy atom. The highest BCUT2D eigenvalue weighted by Crippen LogP contribution is 2.47. The number of hydrogen-bond donors (Lipinski definition) is 0. The van der Waals surface area contributed by atoms with E-state index in [1.165, 1.54) is 35.1 Å². The van der Waals surface area contributed by atoms with Crippen LogP contribution in [0.4, 0.5) is 0 Å². The van der Waals surface area contributed by atoms with Crippen molar-refractivity contribution in [3.63, 3.8) is 0 Å². The molecule has 1 aliphatic rings. The van der Waals surface area contributed by atoms with Crippen LogP contribution in [-0.2, 0) is 20.3 Å². The SMILES string of the molecule is CCOC(=O)c1ccc(-c2ccc(-c3ccc(OCOC)cc3)c(-c3ccc4c(c3)C(C)(C)CCC4(C)C)c2)cc1. The second-order valence-electron chi connectivity index (χ2n) is 12.2. The molecule has 0 fully saturated rings. The molecule has 0 N–H and O–H groups in total. The average molecular weight is 549 g/mol. The summed E-state index contributed by atoms with van der Waals surface area (Å²) in [4.78, 5) is 12.2. The first-order chi connectivity index (χ1) is 19.6. The minimum Gasteiger partial charge on any atom is -0.468 e. The summed E-state index contributed by atoms with van der Waals surface area (Å²) in [5.74, 6) is 0.473. The molecule has 0 atom stereocenters. The average Bonchev–Trinajstić information content (AvgIpc) is 2.98. The fraction of sp³-hybridized carbons (Fsp3) is 0.324. The Labute approximate surface area is 244 Å². The Morgan fingerprint density at radius 2 is 1.29 bits per heavy atom. The molecule has 0 bridgehead atoms. The van der Waals surface area contributed by atoms with Crippen LogP contribution >= 0.6 is 0 Å². The van der Waals surface area contributed by atoms with Gasteiger partial charge in [0.05, 0.1) is 12.2 Å². The van der Waals surface area contributed by atoms with Crippen molar-refractivity contribution in [2.24, 2.45) is 0 Å². The van der Waals surface area contributed by atoms with Gasteiger partial charge in [-0.25, -0.2) is 4.79 Å². The van der Waals surface area contributed by atoms with Crippen LogP contribution in [0, 0.1) is 0 Å². The van der Waals surface area contributed by atoms with E-state index in [1.807, 2.05) is 43.3 Å². The lowest BCUT2D eigenvalue weighted by atomic mass is 9.63. The molecule has 0 unspecified atom stereocenters. The van der Waals surface area contributed by atoms with Gasteiger partial charge in [-0.2, -0.15) is 0 Å². The minimum atomic E-state index is -0.299. The van der Waals surface area contributed by atoms with Gasteiger partial charge in [0.25, 0.3) is 0 Å². The summed E-state index contributed by atoms with van der Waals surface area (Å²) in [7, 11) is 1.62. The fourth-order valence-corrected chi connectivity index (χ4v) is 5.84. The van der Waals surface area contributed by atoms with Crippen LogP contribution in [-0.4, -0.2) is 26.5 Å². The topological polar surface area (TPSA) is 44.8 Å². The number of carbonyl (C=O) groups excluding carboxylic acids is 1. The Morgan fingerprint density at radius 1 is 0.683 bits per heavy atom. The van der Waals surface area contributed by atoms with Gasteiger partial charge in [-0.1, -0.05) is 82.3 Å². The predicted molar refractivity (Wildman–Crippen MR) is 166 cm³/mol. The molecule has 0 aromatic heterocycles. The molecule has 4 nitrogen and oxygen atoms in total. The van der Waals surface area contributed by atoms with E-state index in [0.29, 0.717) is 12.2 Å². The molecule has 5 rings (SSSR count). The van der Waals surface area contributed by atoms with Crippen molar-refractivity contribution in [3.8, 4) is 39.1 Å². The Bertz CT molecular complexity index is 1530. The smallest absolute Gasteiger partial charge is 0.338 e. The predicted octanol–water partition coefficient (Wildman–Crippen LogP) is 9.20. The first-order valence-corrected chi connectivity index (χ1v) is 14.4. The Hall–Kier alpha value is -3.89. The van der Waals surface area contributed by atoms with Gasteiger partial charge in [0, 0.05) is 7.11 Å². The molecule has 41 heavy (non-hydrogen) atoms. The number of esters is 1. The zero-order chi connectivity index (χ0) is 29.2. The number of benzene rings is 4. The van der Waals surface area contributed by atoms with Crippen LogP contribution in [0.1, 0.15) is 68.9 Å². The summed E-state index contributed by atoms with van der Waals surface area (Å²) in [6.45, 7) is 11.9. The van der Waals surface area contributed by atoms with E-state index in [1.54, 1.807) is 7.11 Å². The van der Waals surface area contributed by atoms with E-state index in [2.05, 4.69) is 76.2 Å². The third kappa shape index (κ3) is 5.94. The second-order valence-corrected chi connectivity index (χ2v) is 12.2. The highest BCUT2D eigenvalue weighted by atomic mass is 16.7. The summed E-state index contributed by atoms with van der Waals surface area (Å²) in [6, 6.07) is 29.5. The first-order valence-electron chi connectivity index (χ1n) is 14.4. The van der Waals surface area contributed by atoms with Gasteiger partial charge < -0.3 is 14.2 Å². The van der Waals surface area contributed by atoms with E-state index in [0.717, 1.165) is 28.0 Å². The molecule has 1 aliphatic carbocycles. The summed E-state index contributed by atoms with van der Waals surface area (Å²) < 4.78 is 15.9. The third-order valence-electron chi connectivity index (χ3n) is 8.42. The molecular weight excluding hydrogens is 508 g/mol. The van der Waals surface area contributed by atoms with Crippen LogP contribution in [0.3, 0.4) is 0 Å². The van der Waals surface area contributed by atoms with Gasteiger partial charge in [-0.15, -0.1) is 0 Å². The minimum absolute atomic E-state index is 0.113. The zero-order valence-corrected chi connectivity index (χ0v) is 25.0. The quantitative estimate of drug-likeness (QED) is 0.163. The Balaban J connectivity index is 1.62. The third-order valence-corrected chi connectivity index (χ3v) is 8.42. The summed E-state index contributed by atoms with van der Waals surface area (Å²) in [5, 5.41) is 0. The molecule has 0 heterocycles. The van der Waals surface area contributed by atoms with Crippen molar-refractivity contribution in [2.75, 3.05) is 20.5 Å². The number of rotatable bonds is 8. The zero-order valence-electron chi connectivity index (χ0n) is 25.0. The number of fused-ring (bicyclic) bond motifs is 1. The van der Waals surface area contributed by atoms with Crippen LogP contribution in [0.25, 0.3) is 33.4 Å². The van der Waals surface area contributed by atoms with Gasteiger partial charge in [0.2, 0.25) is 0 Å². The van der Waals surface area contributed by atoms with Gasteiger partial charge in [0.15, 0.2) is 6.79 Å². The first kappa shape index (κ1) is 28.6. The van der Waals surface area contributed by atoms with Gasteiger partial charge in [-0.3, -0.25) is 0 Å². The second kappa shape index (κ2) is 11.5. The molecule has 0 saturated carbocycles. The summed E-state index contributed by atoms with van der Waals surface area (Å²) in [6.07, 6.45) is 2.35. The molecular formula is C37H40O4. The highest BCUT2D eigenvalue weighted by molar-refractivity contribution is 5.91. The molecule has 0 spiro atoms. The van der Waals surface area contributed by atoms with E-state index < -0.39 is 0 Å². The van der Waals surface area contributed by atoms with Crippen molar-refractivity contribution >= 4 is 5.97 Å². The monoisotopic (exact) mass is 548 g/mol. The van der Waals surface area contributed by atoms with Crippen molar-refractivity contribution < 1.29 is 19.0 Å².